The van der Waals surface area contributed by atoms with Crippen LogP contribution in [-0.4, -0.2) is 40.3 Å². The number of halogens is 1. The first kappa shape index (κ1) is 21.8. The van der Waals surface area contributed by atoms with Crippen molar-refractivity contribution in [2.24, 2.45) is 4.99 Å². The van der Waals surface area contributed by atoms with E-state index in [4.69, 9.17) is 4.74 Å². The van der Waals surface area contributed by atoms with E-state index in [0.29, 0.717) is 29.7 Å². The number of thioether (sulfide) groups is 1. The minimum atomic E-state index is -0.545. The third kappa shape index (κ3) is 5.60. The number of anilines is 1. The SMILES string of the molecule is CCCOc1ccc(NC(=O)CC2SC(=Nc3ccc(F)cc3)N(CC)C2=O)cc1. The largest absolute Gasteiger partial charge is 0.494 e. The van der Waals surface area contributed by atoms with Crippen LogP contribution in [0.4, 0.5) is 15.8 Å². The van der Waals surface area contributed by atoms with Crippen LogP contribution >= 0.6 is 11.8 Å². The lowest BCUT2D eigenvalue weighted by atomic mass is 10.2. The fourth-order valence-corrected chi connectivity index (χ4v) is 4.10. The zero-order chi connectivity index (χ0) is 21.5. The number of hydrogen-bond acceptors (Lipinski definition) is 5. The number of hydrogen-bond donors (Lipinski definition) is 1. The summed E-state index contributed by atoms with van der Waals surface area (Å²) in [6.45, 7) is 4.97. The van der Waals surface area contributed by atoms with Gasteiger partial charge in [-0.1, -0.05) is 18.7 Å². The first-order valence-corrected chi connectivity index (χ1v) is 10.7. The van der Waals surface area contributed by atoms with Crippen molar-refractivity contribution in [3.63, 3.8) is 0 Å². The Morgan fingerprint density at radius 3 is 2.50 bits per heavy atom. The number of benzene rings is 2. The fraction of sp³-hybridized carbons (Fsp3) is 0.318. The van der Waals surface area contributed by atoms with Gasteiger partial charge in [0.2, 0.25) is 11.8 Å². The van der Waals surface area contributed by atoms with Crippen LogP contribution in [0.1, 0.15) is 26.7 Å². The van der Waals surface area contributed by atoms with Gasteiger partial charge < -0.3 is 10.1 Å². The van der Waals surface area contributed by atoms with Gasteiger partial charge in [-0.2, -0.15) is 0 Å². The van der Waals surface area contributed by atoms with Crippen molar-refractivity contribution in [3.8, 4) is 5.75 Å². The van der Waals surface area contributed by atoms with Crippen LogP contribution in [0.5, 0.6) is 5.75 Å². The summed E-state index contributed by atoms with van der Waals surface area (Å²) in [5, 5.41) is 2.79. The number of nitrogens with zero attached hydrogens (tertiary/aromatic N) is 2. The van der Waals surface area contributed by atoms with Gasteiger partial charge in [-0.05, 0) is 61.9 Å². The number of amidine groups is 1. The Hall–Kier alpha value is -2.87. The number of aliphatic imine (C=N–C) groups is 1. The molecule has 158 valence electrons. The average molecular weight is 430 g/mol. The highest BCUT2D eigenvalue weighted by molar-refractivity contribution is 8.15. The molecule has 6 nitrogen and oxygen atoms in total. The van der Waals surface area contributed by atoms with Gasteiger partial charge >= 0.3 is 0 Å². The molecule has 1 unspecified atom stereocenters. The van der Waals surface area contributed by atoms with E-state index in [9.17, 15) is 14.0 Å². The quantitative estimate of drug-likeness (QED) is 0.666. The van der Waals surface area contributed by atoms with Crippen molar-refractivity contribution in [2.75, 3.05) is 18.5 Å². The van der Waals surface area contributed by atoms with Crippen LogP contribution in [0.3, 0.4) is 0 Å². The van der Waals surface area contributed by atoms with Crippen LogP contribution in [0, 0.1) is 5.82 Å². The zero-order valence-corrected chi connectivity index (χ0v) is 17.7. The molecule has 0 spiro atoms. The molecule has 0 bridgehead atoms. The van der Waals surface area contributed by atoms with Gasteiger partial charge in [0.05, 0.1) is 12.3 Å². The normalized spacial score (nSPS) is 17.4. The summed E-state index contributed by atoms with van der Waals surface area (Å²) in [6.07, 6.45) is 0.962. The zero-order valence-electron chi connectivity index (χ0n) is 16.9. The highest BCUT2D eigenvalue weighted by Crippen LogP contribution is 2.31. The number of ether oxygens (including phenoxy) is 1. The topological polar surface area (TPSA) is 71.0 Å². The summed E-state index contributed by atoms with van der Waals surface area (Å²) in [7, 11) is 0. The Balaban J connectivity index is 1.62. The summed E-state index contributed by atoms with van der Waals surface area (Å²) >= 11 is 1.25. The van der Waals surface area contributed by atoms with Crippen molar-refractivity contribution in [2.45, 2.75) is 31.9 Å². The van der Waals surface area contributed by atoms with Crippen molar-refractivity contribution in [1.29, 1.82) is 0 Å². The van der Waals surface area contributed by atoms with Gasteiger partial charge in [0.1, 0.15) is 16.8 Å². The van der Waals surface area contributed by atoms with E-state index in [-0.39, 0.29) is 24.1 Å². The van der Waals surface area contributed by atoms with Gasteiger partial charge in [-0.25, -0.2) is 9.38 Å². The van der Waals surface area contributed by atoms with Gasteiger partial charge in [-0.15, -0.1) is 0 Å². The van der Waals surface area contributed by atoms with Crippen molar-refractivity contribution < 1.29 is 18.7 Å². The molecule has 30 heavy (non-hydrogen) atoms. The minimum Gasteiger partial charge on any atom is -0.494 e. The molecule has 2 amide bonds. The molecule has 0 aromatic heterocycles. The maximum Gasteiger partial charge on any atom is 0.242 e. The van der Waals surface area contributed by atoms with Crippen molar-refractivity contribution in [1.82, 2.24) is 4.90 Å². The van der Waals surface area contributed by atoms with E-state index in [1.165, 1.54) is 23.9 Å². The Kier molecular flexibility index (Phi) is 7.46. The van der Waals surface area contributed by atoms with E-state index in [1.54, 1.807) is 41.3 Å². The number of nitrogens with one attached hydrogen (secondary N) is 1. The van der Waals surface area contributed by atoms with E-state index in [2.05, 4.69) is 10.3 Å². The van der Waals surface area contributed by atoms with Gasteiger partial charge in [0.25, 0.3) is 0 Å². The molecular weight excluding hydrogens is 405 g/mol. The molecule has 1 fully saturated rings. The predicted octanol–water partition coefficient (Wildman–Crippen LogP) is 4.59. The van der Waals surface area contributed by atoms with E-state index in [1.807, 2.05) is 13.8 Å². The van der Waals surface area contributed by atoms with E-state index >= 15 is 0 Å². The lowest BCUT2D eigenvalue weighted by molar-refractivity contribution is -0.128. The highest BCUT2D eigenvalue weighted by atomic mass is 32.2. The molecule has 1 aliphatic rings. The van der Waals surface area contributed by atoms with Gasteiger partial charge in [-0.3, -0.25) is 14.5 Å². The molecule has 0 radical (unpaired) electrons. The van der Waals surface area contributed by atoms with Crippen LogP contribution in [0.2, 0.25) is 0 Å². The number of amides is 2. The second-order valence-electron chi connectivity index (χ2n) is 6.68. The Labute approximate surface area is 179 Å². The third-order valence-electron chi connectivity index (χ3n) is 4.37. The molecule has 0 aliphatic carbocycles. The second-order valence-corrected chi connectivity index (χ2v) is 7.85. The van der Waals surface area contributed by atoms with Crippen molar-refractivity contribution >= 4 is 40.1 Å². The summed E-state index contributed by atoms with van der Waals surface area (Å²) in [6, 6.07) is 12.9. The van der Waals surface area contributed by atoms with Crippen LogP contribution < -0.4 is 10.1 Å². The maximum atomic E-state index is 13.1. The maximum absolute atomic E-state index is 13.1. The molecule has 1 saturated heterocycles. The van der Waals surface area contributed by atoms with E-state index < -0.39 is 5.25 Å². The number of rotatable bonds is 8. The standard InChI is InChI=1S/C22H24FN3O3S/c1-3-13-29-18-11-9-16(10-12-18)24-20(27)14-19-21(28)26(4-2)22(30-19)25-17-7-5-15(23)6-8-17/h5-12,19H,3-4,13-14H2,1-2H3,(H,24,27). The van der Waals surface area contributed by atoms with Crippen LogP contribution in [0.25, 0.3) is 0 Å². The lowest BCUT2D eigenvalue weighted by Gasteiger charge is -2.13. The van der Waals surface area contributed by atoms with Crippen LogP contribution in [-0.2, 0) is 9.59 Å². The second kappa shape index (κ2) is 10.2. The Bertz CT molecular complexity index is 916. The molecule has 0 saturated carbocycles. The number of carbonyl (C=O) groups excluding carboxylic acids is 2. The Morgan fingerprint density at radius 1 is 1.17 bits per heavy atom. The molecule has 1 N–H and O–H groups in total. The smallest absolute Gasteiger partial charge is 0.242 e. The molecule has 1 aliphatic heterocycles. The molecule has 8 heteroatoms. The van der Waals surface area contributed by atoms with Crippen molar-refractivity contribution in [3.05, 3.63) is 54.3 Å². The van der Waals surface area contributed by atoms with Crippen LogP contribution in [0.15, 0.2) is 53.5 Å². The third-order valence-corrected chi connectivity index (χ3v) is 5.54. The predicted molar refractivity (Wildman–Crippen MR) is 118 cm³/mol. The number of carbonyl (C=O) groups is 2. The summed E-state index contributed by atoms with van der Waals surface area (Å²) in [5.41, 5.74) is 1.20. The van der Waals surface area contributed by atoms with E-state index in [0.717, 1.165) is 12.2 Å². The molecule has 1 heterocycles. The first-order chi connectivity index (χ1) is 14.5. The molecular formula is C22H24FN3O3S. The Morgan fingerprint density at radius 2 is 1.87 bits per heavy atom. The van der Waals surface area contributed by atoms with Gasteiger partial charge in [0, 0.05) is 18.7 Å². The lowest BCUT2D eigenvalue weighted by Crippen LogP contribution is -2.33. The average Bonchev–Trinajstić information content (AvgIpc) is 3.03. The highest BCUT2D eigenvalue weighted by Gasteiger charge is 2.38. The fourth-order valence-electron chi connectivity index (χ4n) is 2.88. The monoisotopic (exact) mass is 429 g/mol. The molecule has 2 aromatic rings. The molecule has 2 aromatic carbocycles. The van der Waals surface area contributed by atoms with Gasteiger partial charge in [0.15, 0.2) is 5.17 Å². The summed E-state index contributed by atoms with van der Waals surface area (Å²) in [4.78, 5) is 31.1. The first-order valence-electron chi connectivity index (χ1n) is 9.85. The minimum absolute atomic E-state index is 0.0382. The summed E-state index contributed by atoms with van der Waals surface area (Å²) in [5.74, 6) is 0.00144. The molecule has 1 atom stereocenters. The summed E-state index contributed by atoms with van der Waals surface area (Å²) < 4.78 is 18.6. The molecule has 3 rings (SSSR count).